The van der Waals surface area contributed by atoms with Crippen LogP contribution in [0.3, 0.4) is 0 Å². The van der Waals surface area contributed by atoms with E-state index in [1.54, 1.807) is 6.07 Å². The fourth-order valence-corrected chi connectivity index (χ4v) is 3.45. The quantitative estimate of drug-likeness (QED) is 0.885. The Balaban J connectivity index is 1.80. The standard InChI is InChI=1S/C16H21NO2/c18-14-9-3-7-13-8-4-10-17(16(13)14)15(19)11-12-5-1-2-6-12/h3,7,9,12,18H,1-2,4-6,8,10-11H2. The molecule has 1 N–H and O–H groups in total. The number of hydrogen-bond donors (Lipinski definition) is 1. The Morgan fingerprint density at radius 1 is 1.26 bits per heavy atom. The minimum atomic E-state index is 0.189. The molecule has 1 heterocycles. The van der Waals surface area contributed by atoms with Gasteiger partial charge in [0, 0.05) is 13.0 Å². The van der Waals surface area contributed by atoms with Crippen LogP contribution in [-0.2, 0) is 11.2 Å². The number of nitrogens with zero attached hydrogens (tertiary/aromatic N) is 1. The Bertz CT molecular complexity index is 478. The van der Waals surface area contributed by atoms with Gasteiger partial charge in [-0.2, -0.15) is 0 Å². The number of carbonyl (C=O) groups excluding carboxylic acids is 1. The minimum Gasteiger partial charge on any atom is -0.506 e. The summed E-state index contributed by atoms with van der Waals surface area (Å²) < 4.78 is 0. The molecule has 0 unspecified atom stereocenters. The number of fused-ring (bicyclic) bond motifs is 1. The van der Waals surface area contributed by atoms with Gasteiger partial charge in [-0.3, -0.25) is 4.79 Å². The zero-order valence-electron chi connectivity index (χ0n) is 11.3. The summed E-state index contributed by atoms with van der Waals surface area (Å²) in [4.78, 5) is 14.3. The monoisotopic (exact) mass is 259 g/mol. The topological polar surface area (TPSA) is 40.5 Å². The van der Waals surface area contributed by atoms with Gasteiger partial charge >= 0.3 is 0 Å². The summed E-state index contributed by atoms with van der Waals surface area (Å²) in [5.41, 5.74) is 1.86. The van der Waals surface area contributed by atoms with Gasteiger partial charge in [0.2, 0.25) is 5.91 Å². The van der Waals surface area contributed by atoms with Gasteiger partial charge in [-0.1, -0.05) is 25.0 Å². The van der Waals surface area contributed by atoms with Crippen LogP contribution in [0.5, 0.6) is 5.75 Å². The molecule has 1 aliphatic carbocycles. The molecule has 1 aliphatic heterocycles. The number of carbonyl (C=O) groups is 1. The first kappa shape index (κ1) is 12.5. The Labute approximate surface area is 114 Å². The summed E-state index contributed by atoms with van der Waals surface area (Å²) >= 11 is 0. The van der Waals surface area contributed by atoms with E-state index in [9.17, 15) is 9.90 Å². The molecule has 1 amide bonds. The minimum absolute atomic E-state index is 0.189. The second kappa shape index (κ2) is 5.24. The number of phenols is 1. The summed E-state index contributed by atoms with van der Waals surface area (Å²) in [5.74, 6) is 0.995. The maximum atomic E-state index is 12.5. The number of hydrogen-bond acceptors (Lipinski definition) is 2. The summed E-state index contributed by atoms with van der Waals surface area (Å²) in [6, 6.07) is 5.56. The average molecular weight is 259 g/mol. The molecule has 2 aliphatic rings. The van der Waals surface area contributed by atoms with Gasteiger partial charge in [0.05, 0.1) is 5.69 Å². The molecular formula is C16H21NO2. The summed E-state index contributed by atoms with van der Waals surface area (Å²) in [7, 11) is 0. The molecule has 1 aromatic carbocycles. The Kier molecular flexibility index (Phi) is 3.45. The van der Waals surface area contributed by atoms with Gasteiger partial charge in [0.1, 0.15) is 5.75 Å². The first-order valence-corrected chi connectivity index (χ1v) is 7.37. The van der Waals surface area contributed by atoms with Crippen molar-refractivity contribution in [2.24, 2.45) is 5.92 Å². The van der Waals surface area contributed by atoms with E-state index in [0.29, 0.717) is 12.3 Å². The molecule has 0 spiro atoms. The van der Waals surface area contributed by atoms with Crippen molar-refractivity contribution in [2.75, 3.05) is 11.4 Å². The number of aromatic hydroxyl groups is 1. The van der Waals surface area contributed by atoms with Crippen LogP contribution in [0.25, 0.3) is 0 Å². The van der Waals surface area contributed by atoms with Crippen LogP contribution in [0.2, 0.25) is 0 Å². The number of benzene rings is 1. The van der Waals surface area contributed by atoms with E-state index in [1.165, 1.54) is 25.7 Å². The molecule has 0 bridgehead atoms. The van der Waals surface area contributed by atoms with E-state index >= 15 is 0 Å². The summed E-state index contributed by atoms with van der Waals surface area (Å²) in [6.07, 6.45) is 7.50. The van der Waals surface area contributed by atoms with Crippen molar-refractivity contribution in [1.82, 2.24) is 0 Å². The molecule has 0 atom stereocenters. The van der Waals surface area contributed by atoms with Crippen molar-refractivity contribution in [1.29, 1.82) is 0 Å². The van der Waals surface area contributed by atoms with Gasteiger partial charge in [-0.25, -0.2) is 0 Å². The molecule has 0 saturated heterocycles. The molecule has 102 valence electrons. The highest BCUT2D eigenvalue weighted by Crippen LogP contribution is 2.37. The molecule has 1 saturated carbocycles. The third kappa shape index (κ3) is 2.46. The predicted molar refractivity (Wildman–Crippen MR) is 75.4 cm³/mol. The molecule has 1 fully saturated rings. The lowest BCUT2D eigenvalue weighted by Crippen LogP contribution is -2.36. The Morgan fingerprint density at radius 3 is 2.84 bits per heavy atom. The fraction of sp³-hybridized carbons (Fsp3) is 0.562. The van der Waals surface area contributed by atoms with E-state index in [1.807, 2.05) is 17.0 Å². The first-order chi connectivity index (χ1) is 9.25. The zero-order valence-corrected chi connectivity index (χ0v) is 11.3. The summed E-state index contributed by atoms with van der Waals surface area (Å²) in [5, 5.41) is 10.0. The van der Waals surface area contributed by atoms with Crippen LogP contribution >= 0.6 is 0 Å². The predicted octanol–water partition coefficient (Wildman–Crippen LogP) is 3.25. The SMILES string of the molecule is O=C(CC1CCCC1)N1CCCc2cccc(O)c21. The Morgan fingerprint density at radius 2 is 2.05 bits per heavy atom. The highest BCUT2D eigenvalue weighted by Gasteiger charge is 2.27. The van der Waals surface area contributed by atoms with Gasteiger partial charge in [0.15, 0.2) is 0 Å². The van der Waals surface area contributed by atoms with Crippen molar-refractivity contribution in [3.63, 3.8) is 0 Å². The van der Waals surface area contributed by atoms with Crippen molar-refractivity contribution >= 4 is 11.6 Å². The normalized spacial score (nSPS) is 19.5. The van der Waals surface area contributed by atoms with Crippen LogP contribution in [0, 0.1) is 5.92 Å². The molecule has 3 heteroatoms. The van der Waals surface area contributed by atoms with Gasteiger partial charge in [0.25, 0.3) is 0 Å². The van der Waals surface area contributed by atoms with Crippen LogP contribution < -0.4 is 4.90 Å². The second-order valence-corrected chi connectivity index (χ2v) is 5.79. The molecule has 0 radical (unpaired) electrons. The van der Waals surface area contributed by atoms with Gasteiger partial charge in [-0.15, -0.1) is 0 Å². The molecule has 0 aromatic heterocycles. The van der Waals surface area contributed by atoms with E-state index in [0.717, 1.165) is 30.6 Å². The molecular weight excluding hydrogens is 238 g/mol. The van der Waals surface area contributed by atoms with Crippen molar-refractivity contribution in [3.8, 4) is 5.75 Å². The zero-order chi connectivity index (χ0) is 13.2. The smallest absolute Gasteiger partial charge is 0.227 e. The summed E-state index contributed by atoms with van der Waals surface area (Å²) in [6.45, 7) is 0.746. The molecule has 3 rings (SSSR count). The van der Waals surface area contributed by atoms with Crippen molar-refractivity contribution < 1.29 is 9.90 Å². The van der Waals surface area contributed by atoms with E-state index in [-0.39, 0.29) is 11.7 Å². The first-order valence-electron chi connectivity index (χ1n) is 7.37. The second-order valence-electron chi connectivity index (χ2n) is 5.79. The van der Waals surface area contributed by atoms with E-state index < -0.39 is 0 Å². The van der Waals surface area contributed by atoms with Crippen LogP contribution in [0.15, 0.2) is 18.2 Å². The maximum absolute atomic E-state index is 12.5. The number of anilines is 1. The number of rotatable bonds is 2. The van der Waals surface area contributed by atoms with E-state index in [2.05, 4.69) is 0 Å². The number of para-hydroxylation sites is 1. The number of aryl methyl sites for hydroxylation is 1. The van der Waals surface area contributed by atoms with E-state index in [4.69, 9.17) is 0 Å². The van der Waals surface area contributed by atoms with Crippen molar-refractivity contribution in [2.45, 2.75) is 44.9 Å². The third-order valence-corrected chi connectivity index (χ3v) is 4.44. The highest BCUT2D eigenvalue weighted by atomic mass is 16.3. The molecule has 19 heavy (non-hydrogen) atoms. The highest BCUT2D eigenvalue weighted by molar-refractivity contribution is 5.96. The third-order valence-electron chi connectivity index (χ3n) is 4.44. The fourth-order valence-electron chi connectivity index (χ4n) is 3.45. The maximum Gasteiger partial charge on any atom is 0.227 e. The largest absolute Gasteiger partial charge is 0.506 e. The van der Waals surface area contributed by atoms with Crippen LogP contribution in [0.4, 0.5) is 5.69 Å². The van der Waals surface area contributed by atoms with Crippen LogP contribution in [-0.4, -0.2) is 17.6 Å². The Hall–Kier alpha value is -1.51. The molecule has 1 aromatic rings. The lowest BCUT2D eigenvalue weighted by atomic mass is 9.98. The number of amides is 1. The van der Waals surface area contributed by atoms with Crippen molar-refractivity contribution in [3.05, 3.63) is 23.8 Å². The number of phenolic OH excluding ortho intramolecular Hbond substituents is 1. The lowest BCUT2D eigenvalue weighted by Gasteiger charge is -2.30. The van der Waals surface area contributed by atoms with Gasteiger partial charge < -0.3 is 10.0 Å². The van der Waals surface area contributed by atoms with Gasteiger partial charge in [-0.05, 0) is 43.2 Å². The average Bonchev–Trinajstić information content (AvgIpc) is 2.91. The lowest BCUT2D eigenvalue weighted by molar-refractivity contribution is -0.119. The van der Waals surface area contributed by atoms with Crippen LogP contribution in [0.1, 0.15) is 44.1 Å². The molecule has 3 nitrogen and oxygen atoms in total.